The zero-order valence-electron chi connectivity index (χ0n) is 13.1. The monoisotopic (exact) mass is 817 g/mol. The molecule has 0 saturated heterocycles. The third kappa shape index (κ3) is 5.66. The van der Waals surface area contributed by atoms with Crippen molar-refractivity contribution in [1.29, 1.82) is 0 Å². The van der Waals surface area contributed by atoms with E-state index in [1.165, 1.54) is 0 Å². The first-order valence-corrected chi connectivity index (χ1v) is 13.5. The van der Waals surface area contributed by atoms with Gasteiger partial charge in [-0.05, 0) is 0 Å². The number of halogens is 19. The number of alkyl halides is 18. The minimum absolute atomic E-state index is 1.67. The van der Waals surface area contributed by atoms with E-state index in [2.05, 4.69) is 4.29 Å². The van der Waals surface area contributed by atoms with E-state index < -0.39 is 45.5 Å². The van der Waals surface area contributed by atoms with Crippen LogP contribution in [0.25, 0.3) is 0 Å². The van der Waals surface area contributed by atoms with E-state index in [9.17, 15) is 4.79 Å². The molecule has 0 unspecified atom stereocenters. The second-order valence-corrected chi connectivity index (χ2v) is 17.2. The topological polar surface area (TPSA) is 26.3 Å². The molecule has 0 heterocycles. The Balaban J connectivity index is 6.87. The van der Waals surface area contributed by atoms with E-state index >= 15 is 0 Å². The van der Waals surface area contributed by atoms with Gasteiger partial charge in [0.1, 0.15) is 16.7 Å². The fraction of sp³-hybridized carbons (Fsp3) is 0.900. The highest BCUT2D eigenvalue weighted by molar-refractivity contribution is 6.81. The average molecular weight is 827 g/mol. The van der Waals surface area contributed by atoms with Crippen molar-refractivity contribution in [1.82, 2.24) is 0 Å². The molecular formula is C10HCl19O2. The van der Waals surface area contributed by atoms with Crippen molar-refractivity contribution >= 4 is 227 Å². The fourth-order valence-electron chi connectivity index (χ4n) is 1.51. The number of carbonyl (C=O) groups is 1. The normalized spacial score (nSPS) is 16.0. The van der Waals surface area contributed by atoms with E-state index in [0.717, 1.165) is 0 Å². The maximum Gasteiger partial charge on any atom is 0.363 e. The van der Waals surface area contributed by atoms with Crippen LogP contribution in [0.1, 0.15) is 0 Å². The van der Waals surface area contributed by atoms with Gasteiger partial charge in [-0.2, -0.15) is 0 Å². The third-order valence-corrected chi connectivity index (χ3v) is 16.0. The molecule has 0 N–H and O–H groups in total. The van der Waals surface area contributed by atoms with Crippen LogP contribution in [-0.2, 0) is 9.08 Å². The predicted octanol–water partition coefficient (Wildman–Crippen LogP) is 10.9. The molecule has 0 saturated carbocycles. The summed E-state index contributed by atoms with van der Waals surface area (Å²) in [5.41, 5.74) is 0. The summed E-state index contributed by atoms with van der Waals surface area (Å²) in [6.45, 7) is 0. The molecule has 21 heteroatoms. The van der Waals surface area contributed by atoms with Crippen molar-refractivity contribution in [2.24, 2.45) is 0 Å². The molecule has 31 heavy (non-hydrogen) atoms. The van der Waals surface area contributed by atoms with Gasteiger partial charge in [0.25, 0.3) is 4.33 Å². The van der Waals surface area contributed by atoms with Crippen LogP contribution in [0.5, 0.6) is 0 Å². The molecule has 2 nitrogen and oxygen atoms in total. The first-order valence-electron chi connectivity index (χ1n) is 6.31. The lowest BCUT2D eigenvalue weighted by Gasteiger charge is -2.54. The number of rotatable bonds is 9. The van der Waals surface area contributed by atoms with Gasteiger partial charge in [-0.25, -0.2) is 4.79 Å². The molecule has 0 atom stereocenters. The van der Waals surface area contributed by atoms with Crippen molar-refractivity contribution in [2.45, 2.75) is 39.5 Å². The van der Waals surface area contributed by atoms with E-state index in [1.807, 2.05) is 0 Å². The van der Waals surface area contributed by atoms with E-state index in [4.69, 9.17) is 221 Å². The van der Waals surface area contributed by atoms with Crippen molar-refractivity contribution in [3.05, 3.63) is 0 Å². The predicted molar refractivity (Wildman–Crippen MR) is 143 cm³/mol. The van der Waals surface area contributed by atoms with Crippen molar-refractivity contribution in [3.8, 4) is 0 Å². The smallest absolute Gasteiger partial charge is 0.344 e. The molecule has 0 rings (SSSR count). The highest BCUT2D eigenvalue weighted by Gasteiger charge is 2.82. The molecule has 0 fully saturated rings. The Morgan fingerprint density at radius 1 is 0.516 bits per heavy atom. The molecule has 0 aliphatic carbocycles. The first kappa shape index (κ1) is 36.0. The minimum atomic E-state index is -3.20. The van der Waals surface area contributed by atoms with Gasteiger partial charge >= 0.3 is 5.97 Å². The average Bonchev–Trinajstić information content (AvgIpc) is 2.59. The molecule has 0 spiro atoms. The van der Waals surface area contributed by atoms with E-state index in [-0.39, 0.29) is 0 Å². The highest BCUT2D eigenvalue weighted by Crippen LogP contribution is 2.72. The third-order valence-electron chi connectivity index (χ3n) is 3.39. The maximum atomic E-state index is 11.9. The lowest BCUT2D eigenvalue weighted by atomic mass is 10.0. The van der Waals surface area contributed by atoms with Gasteiger partial charge in [0.2, 0.25) is 0 Å². The first-order chi connectivity index (χ1) is 13.2. The van der Waals surface area contributed by atoms with Crippen molar-refractivity contribution in [3.63, 3.8) is 0 Å². The molecule has 0 aromatic carbocycles. The van der Waals surface area contributed by atoms with Crippen LogP contribution in [-0.4, -0.2) is 45.5 Å². The van der Waals surface area contributed by atoms with Crippen LogP contribution in [0.3, 0.4) is 0 Å². The van der Waals surface area contributed by atoms with Gasteiger partial charge in [0.15, 0.2) is 30.3 Å². The van der Waals surface area contributed by atoms with Crippen LogP contribution >= 0.6 is 221 Å². The van der Waals surface area contributed by atoms with Crippen LogP contribution in [0.15, 0.2) is 0 Å². The Labute approximate surface area is 271 Å². The zero-order chi connectivity index (χ0) is 25.9. The summed E-state index contributed by atoms with van der Waals surface area (Å²) in [6, 6.07) is 0. The Morgan fingerprint density at radius 3 is 1.03 bits per heavy atom. The largest absolute Gasteiger partial charge is 0.363 e. The van der Waals surface area contributed by atoms with Gasteiger partial charge in [-0.3, -0.25) is 0 Å². The quantitative estimate of drug-likeness (QED) is 0.217. The summed E-state index contributed by atoms with van der Waals surface area (Å²) in [5.74, 6) is -1.67. The lowest BCUT2D eigenvalue weighted by molar-refractivity contribution is -0.135. The molecule has 186 valence electrons. The van der Waals surface area contributed by atoms with E-state index in [0.29, 0.717) is 0 Å². The lowest BCUT2D eigenvalue weighted by Crippen LogP contribution is -2.71. The molecule has 0 radical (unpaired) electrons. The van der Waals surface area contributed by atoms with Crippen LogP contribution in [0.4, 0.5) is 0 Å². The molecule has 0 bridgehead atoms. The minimum Gasteiger partial charge on any atom is -0.344 e. The Hall–Kier alpha value is 4.98. The van der Waals surface area contributed by atoms with E-state index in [1.54, 1.807) is 0 Å². The molecular weight excluding hydrogens is 826 g/mol. The summed E-state index contributed by atoms with van der Waals surface area (Å²) < 4.78 is -20.5. The zero-order valence-corrected chi connectivity index (χ0v) is 27.4. The molecule has 0 aromatic heterocycles. The summed E-state index contributed by atoms with van der Waals surface area (Å²) in [4.78, 5) is 10.1. The van der Waals surface area contributed by atoms with Gasteiger partial charge in [0, 0.05) is 0 Å². The van der Waals surface area contributed by atoms with Gasteiger partial charge < -0.3 is 4.29 Å². The number of hydrogen-bond donors (Lipinski definition) is 0. The second-order valence-electron chi connectivity index (χ2n) is 5.31. The molecule has 0 aromatic rings. The second kappa shape index (κ2) is 11.2. The van der Waals surface area contributed by atoms with Crippen molar-refractivity contribution < 1.29 is 9.08 Å². The van der Waals surface area contributed by atoms with Crippen LogP contribution in [0.2, 0.25) is 0 Å². The Kier molecular flexibility index (Phi) is 13.0. The molecule has 0 amide bonds. The Morgan fingerprint density at radius 2 is 0.774 bits per heavy atom. The fourth-order valence-corrected chi connectivity index (χ4v) is 7.28. The summed E-state index contributed by atoms with van der Waals surface area (Å²) in [6.07, 6.45) is 0. The maximum absolute atomic E-state index is 11.9. The van der Waals surface area contributed by atoms with Crippen LogP contribution in [0, 0.1) is 0 Å². The molecule has 0 aliphatic rings. The summed E-state index contributed by atoms with van der Waals surface area (Å²) >= 11 is 114. The molecule has 0 aliphatic heterocycles. The number of hydrogen-bond acceptors (Lipinski definition) is 2. The van der Waals surface area contributed by atoms with Gasteiger partial charge in [-0.15, -0.1) is 23.2 Å². The van der Waals surface area contributed by atoms with Crippen molar-refractivity contribution in [2.75, 3.05) is 0 Å². The highest BCUT2D eigenvalue weighted by atomic mass is 35.6. The summed E-state index contributed by atoms with van der Waals surface area (Å²) in [7, 11) is 0. The SMILES string of the molecule is O=C(OCl)C(Cl)(Cl)C(Cl)(Cl)C(Cl)(Cl)C(Cl)(Cl)C(Cl)(Cl)C(Cl)(Cl)C(Cl)(Cl)C(Cl)(Cl)C(Cl)Cl. The Bertz CT molecular complexity index is 679. The van der Waals surface area contributed by atoms with Gasteiger partial charge in [0.05, 0.1) is 0 Å². The standard InChI is InChI=1S/C10HCl19O2/c11-1(12)3(13,14)5(17,18)7(21,22)9(25,26)10(27,28)8(23,24)6(19,20)4(15,16)2(30)31-29/h1H. The number of carbonyl (C=O) groups excluding carboxylic acids is 1. The summed E-state index contributed by atoms with van der Waals surface area (Å²) in [5, 5.41) is 0. The van der Waals surface area contributed by atoms with Crippen LogP contribution < -0.4 is 0 Å². The van der Waals surface area contributed by atoms with Gasteiger partial charge in [-0.1, -0.05) is 186 Å².